The van der Waals surface area contributed by atoms with E-state index in [-0.39, 0.29) is 40.4 Å². The fourth-order valence-corrected chi connectivity index (χ4v) is 3.85. The van der Waals surface area contributed by atoms with Crippen LogP contribution in [0.5, 0.6) is 0 Å². The molecule has 1 fully saturated rings. The molecule has 4 aromatic heterocycles. The summed E-state index contributed by atoms with van der Waals surface area (Å²) in [7, 11) is 0. The Hall–Kier alpha value is -4.24. The Morgan fingerprint density at radius 2 is 2.00 bits per heavy atom. The first-order valence-corrected chi connectivity index (χ1v) is 10.7. The number of fused-ring (bicyclic) bond motifs is 1. The lowest BCUT2D eigenvalue weighted by atomic mass is 10.1. The van der Waals surface area contributed by atoms with Crippen LogP contribution in [0.15, 0.2) is 43.0 Å². The van der Waals surface area contributed by atoms with Crippen LogP contribution in [0, 0.1) is 11.3 Å². The van der Waals surface area contributed by atoms with Crippen LogP contribution < -0.4 is 10.2 Å². The minimum atomic E-state index is -4.55. The number of anilines is 2. The number of aliphatic hydroxyl groups is 1. The maximum Gasteiger partial charge on any atom is 0.417 e. The van der Waals surface area contributed by atoms with Gasteiger partial charge in [0.2, 0.25) is 5.95 Å². The maximum atomic E-state index is 13.2. The van der Waals surface area contributed by atoms with Gasteiger partial charge in [0.1, 0.15) is 17.5 Å². The topological polar surface area (TPSA) is 127 Å². The third kappa shape index (κ3) is 4.33. The van der Waals surface area contributed by atoms with E-state index in [0.29, 0.717) is 18.7 Å². The number of hydrogen-bond acceptors (Lipinski definition) is 8. The van der Waals surface area contributed by atoms with Gasteiger partial charge in [-0.2, -0.15) is 18.4 Å². The molecule has 4 aromatic rings. The number of H-pyrrole nitrogens is 1. The number of rotatable bonds is 5. The number of nitriles is 1. The average molecular weight is 480 g/mol. The van der Waals surface area contributed by atoms with Crippen molar-refractivity contribution in [3.63, 3.8) is 0 Å². The van der Waals surface area contributed by atoms with Crippen molar-refractivity contribution < 1.29 is 18.3 Å². The molecule has 178 valence electrons. The molecular weight excluding hydrogens is 461 g/mol. The molecule has 1 unspecified atom stereocenters. The highest BCUT2D eigenvalue weighted by molar-refractivity contribution is 5.94. The van der Waals surface area contributed by atoms with Gasteiger partial charge in [0.15, 0.2) is 0 Å². The van der Waals surface area contributed by atoms with Crippen molar-refractivity contribution >= 4 is 22.8 Å². The van der Waals surface area contributed by atoms with Crippen LogP contribution in [0.25, 0.3) is 22.3 Å². The minimum Gasteiger partial charge on any atom is -0.389 e. The summed E-state index contributed by atoms with van der Waals surface area (Å²) < 4.78 is 39.7. The molecule has 9 nitrogen and oxygen atoms in total. The number of alkyl halides is 3. The van der Waals surface area contributed by atoms with Gasteiger partial charge in [-0.3, -0.25) is 0 Å². The van der Waals surface area contributed by atoms with Crippen LogP contribution in [0.3, 0.4) is 0 Å². The monoisotopic (exact) mass is 480 g/mol. The molecule has 5 heterocycles. The highest BCUT2D eigenvalue weighted by Crippen LogP contribution is 2.35. The molecule has 5 rings (SSSR count). The average Bonchev–Trinajstić information content (AvgIpc) is 3.25. The van der Waals surface area contributed by atoms with Crippen LogP contribution in [0.2, 0.25) is 0 Å². The van der Waals surface area contributed by atoms with E-state index in [1.807, 2.05) is 30.0 Å². The molecule has 1 atom stereocenters. The zero-order valence-corrected chi connectivity index (χ0v) is 18.4. The summed E-state index contributed by atoms with van der Waals surface area (Å²) in [6.45, 7) is 2.99. The van der Waals surface area contributed by atoms with Crippen LogP contribution in [-0.2, 0) is 6.18 Å². The lowest BCUT2D eigenvalue weighted by Crippen LogP contribution is -2.51. The Labute approximate surface area is 197 Å². The molecule has 1 aliphatic rings. The summed E-state index contributed by atoms with van der Waals surface area (Å²) in [5.74, 6) is 0.977. The van der Waals surface area contributed by atoms with E-state index in [2.05, 4.69) is 30.2 Å². The van der Waals surface area contributed by atoms with Gasteiger partial charge < -0.3 is 20.3 Å². The van der Waals surface area contributed by atoms with E-state index in [9.17, 15) is 23.5 Å². The van der Waals surface area contributed by atoms with Crippen molar-refractivity contribution in [3.8, 4) is 17.3 Å². The van der Waals surface area contributed by atoms with E-state index < -0.39 is 11.7 Å². The molecule has 0 spiro atoms. The van der Waals surface area contributed by atoms with Crippen molar-refractivity contribution in [3.05, 3.63) is 59.7 Å². The third-order valence-electron chi connectivity index (χ3n) is 5.83. The Balaban J connectivity index is 1.43. The number of nitrogens with zero attached hydrogens (tertiary/aromatic N) is 6. The van der Waals surface area contributed by atoms with E-state index in [1.54, 1.807) is 6.20 Å². The lowest BCUT2D eigenvalue weighted by Gasteiger charge is -2.36. The van der Waals surface area contributed by atoms with Crippen molar-refractivity contribution in [1.29, 1.82) is 5.26 Å². The second-order valence-electron chi connectivity index (χ2n) is 8.26. The fourth-order valence-electron chi connectivity index (χ4n) is 3.85. The van der Waals surface area contributed by atoms with Gasteiger partial charge >= 0.3 is 6.18 Å². The number of nitrogens with one attached hydrogen (secondary N) is 2. The molecule has 0 aliphatic carbocycles. The molecule has 0 bridgehead atoms. The standard InChI is InChI=1S/C23H19F3N8O/c1-12(13-2-3-19(28-6-13)34-10-16(35)11-34)32-22-31-7-14(5-27)20(33-22)18-9-30-21-17(18)4-15(8-29-21)23(24,25)26/h2-4,6-9,12,16,35H,10-11H2,1H3,(H,29,30)(H,31,32,33). The molecule has 0 amide bonds. The summed E-state index contributed by atoms with van der Waals surface area (Å²) in [6.07, 6.45) is 0.392. The summed E-state index contributed by atoms with van der Waals surface area (Å²) in [5.41, 5.74) is 0.832. The van der Waals surface area contributed by atoms with Crippen LogP contribution in [-0.4, -0.2) is 49.2 Å². The zero-order chi connectivity index (χ0) is 24.7. The van der Waals surface area contributed by atoms with E-state index in [4.69, 9.17) is 0 Å². The largest absolute Gasteiger partial charge is 0.417 e. The molecule has 1 aliphatic heterocycles. The lowest BCUT2D eigenvalue weighted by molar-refractivity contribution is -0.137. The summed E-state index contributed by atoms with van der Waals surface area (Å²) >= 11 is 0. The quantitative estimate of drug-likeness (QED) is 0.395. The van der Waals surface area contributed by atoms with Crippen molar-refractivity contribution in [2.24, 2.45) is 0 Å². The predicted molar refractivity (Wildman–Crippen MR) is 121 cm³/mol. The summed E-state index contributed by atoms with van der Waals surface area (Å²) in [4.78, 5) is 21.7. The first-order valence-electron chi connectivity index (χ1n) is 10.7. The fraction of sp³-hybridized carbons (Fsp3) is 0.261. The molecule has 1 saturated heterocycles. The second kappa shape index (κ2) is 8.52. The molecule has 35 heavy (non-hydrogen) atoms. The summed E-state index contributed by atoms with van der Waals surface area (Å²) in [5, 5.41) is 22.4. The third-order valence-corrected chi connectivity index (χ3v) is 5.83. The van der Waals surface area contributed by atoms with E-state index in [1.165, 1.54) is 12.4 Å². The normalized spacial score (nSPS) is 15.0. The van der Waals surface area contributed by atoms with Gasteiger partial charge in [-0.15, -0.1) is 0 Å². The number of β-amino-alcohol motifs (C(OH)–C–C–N with tert-alkyl or cyclic N) is 1. The number of pyridine rings is 2. The van der Waals surface area contributed by atoms with Crippen LogP contribution in [0.1, 0.15) is 29.7 Å². The van der Waals surface area contributed by atoms with Gasteiger partial charge in [-0.25, -0.2) is 19.9 Å². The van der Waals surface area contributed by atoms with Crippen LogP contribution in [0.4, 0.5) is 24.9 Å². The first kappa shape index (κ1) is 22.5. The predicted octanol–water partition coefficient (Wildman–Crippen LogP) is 3.66. The van der Waals surface area contributed by atoms with E-state index >= 15 is 0 Å². The van der Waals surface area contributed by atoms with Gasteiger partial charge in [0.25, 0.3) is 0 Å². The molecule has 0 aromatic carbocycles. The van der Waals surface area contributed by atoms with Crippen molar-refractivity contribution in [2.45, 2.75) is 25.2 Å². The van der Waals surface area contributed by atoms with Crippen molar-refractivity contribution in [1.82, 2.24) is 24.9 Å². The number of aromatic amines is 1. The Kier molecular flexibility index (Phi) is 5.49. The van der Waals surface area contributed by atoms with Gasteiger partial charge in [-0.1, -0.05) is 6.07 Å². The number of aromatic nitrogens is 5. The SMILES string of the molecule is CC(Nc1ncc(C#N)c(-c2c[nH]c3ncc(C(F)(F)F)cc23)n1)c1ccc(N2CC(O)C2)nc1. The van der Waals surface area contributed by atoms with Gasteiger partial charge in [-0.05, 0) is 24.6 Å². The van der Waals surface area contributed by atoms with Crippen molar-refractivity contribution in [2.75, 3.05) is 23.3 Å². The van der Waals surface area contributed by atoms with Crippen LogP contribution >= 0.6 is 0 Å². The van der Waals surface area contributed by atoms with Gasteiger partial charge in [0.05, 0.1) is 35.2 Å². The molecule has 3 N–H and O–H groups in total. The highest BCUT2D eigenvalue weighted by Gasteiger charge is 2.32. The second-order valence-corrected chi connectivity index (χ2v) is 8.26. The molecular formula is C23H19F3N8O. The number of aliphatic hydroxyl groups excluding tert-OH is 1. The molecule has 0 radical (unpaired) electrons. The number of hydrogen-bond donors (Lipinski definition) is 3. The molecule has 12 heteroatoms. The Morgan fingerprint density at radius 1 is 1.20 bits per heavy atom. The molecule has 0 saturated carbocycles. The zero-order valence-electron chi connectivity index (χ0n) is 18.4. The van der Waals surface area contributed by atoms with Gasteiger partial charge in [0, 0.05) is 42.6 Å². The highest BCUT2D eigenvalue weighted by atomic mass is 19.4. The Morgan fingerprint density at radius 3 is 2.66 bits per heavy atom. The summed E-state index contributed by atoms with van der Waals surface area (Å²) in [6, 6.07) is 6.49. The smallest absolute Gasteiger partial charge is 0.389 e. The Bertz CT molecular complexity index is 1420. The first-order chi connectivity index (χ1) is 16.7. The number of halogens is 3. The minimum absolute atomic E-state index is 0.115. The van der Waals surface area contributed by atoms with E-state index in [0.717, 1.165) is 23.6 Å². The maximum absolute atomic E-state index is 13.2.